The molecule has 30 heavy (non-hydrogen) atoms. The van der Waals surface area contributed by atoms with Gasteiger partial charge in [-0.2, -0.15) is 18.4 Å². The Bertz CT molecular complexity index is 1450. The van der Waals surface area contributed by atoms with Crippen LogP contribution in [0.1, 0.15) is 11.1 Å². The van der Waals surface area contributed by atoms with E-state index >= 15 is 0 Å². The average Bonchev–Trinajstić information content (AvgIpc) is 3.15. The van der Waals surface area contributed by atoms with E-state index in [1.54, 1.807) is 18.2 Å². The molecule has 0 radical (unpaired) electrons. The van der Waals surface area contributed by atoms with Crippen LogP contribution < -0.4 is 16.1 Å². The first-order chi connectivity index (χ1) is 14.3. The maximum absolute atomic E-state index is 13.1. The molecule has 150 valence electrons. The number of nitrogens with two attached hydrogens (primary N) is 1. The lowest BCUT2D eigenvalue weighted by Crippen LogP contribution is -2.36. The van der Waals surface area contributed by atoms with Crippen LogP contribution in [0.25, 0.3) is 20.8 Å². The van der Waals surface area contributed by atoms with Crippen LogP contribution >= 0.6 is 11.3 Å². The molecular formula is C20H15N5O3S2. The van der Waals surface area contributed by atoms with Crippen molar-refractivity contribution in [3.63, 3.8) is 0 Å². The summed E-state index contributed by atoms with van der Waals surface area (Å²) in [7, 11) is -4.12. The Labute approximate surface area is 175 Å². The van der Waals surface area contributed by atoms with Crippen molar-refractivity contribution in [3.8, 4) is 16.6 Å². The van der Waals surface area contributed by atoms with E-state index in [1.807, 2.05) is 31.2 Å². The van der Waals surface area contributed by atoms with Crippen LogP contribution in [0.5, 0.6) is 0 Å². The van der Waals surface area contributed by atoms with Crippen LogP contribution in [-0.2, 0) is 10.0 Å². The summed E-state index contributed by atoms with van der Waals surface area (Å²) in [4.78, 5) is 19.7. The number of thiazole rings is 1. The van der Waals surface area contributed by atoms with Crippen molar-refractivity contribution >= 4 is 37.4 Å². The van der Waals surface area contributed by atoms with Crippen LogP contribution in [0.2, 0.25) is 0 Å². The number of nitrogens with zero attached hydrogens (tertiary/aromatic N) is 3. The van der Waals surface area contributed by atoms with Gasteiger partial charge in [0.25, 0.3) is 15.6 Å². The fraction of sp³-hybridized carbons (Fsp3) is 0.0500. The molecule has 4 aromatic rings. The van der Waals surface area contributed by atoms with E-state index < -0.39 is 15.6 Å². The van der Waals surface area contributed by atoms with Gasteiger partial charge in [-0.05, 0) is 37.3 Å². The molecule has 2 aromatic carbocycles. The third kappa shape index (κ3) is 3.41. The van der Waals surface area contributed by atoms with Gasteiger partial charge in [-0.25, -0.2) is 9.82 Å². The molecule has 0 atom stereocenters. The summed E-state index contributed by atoms with van der Waals surface area (Å²) < 4.78 is 27.1. The van der Waals surface area contributed by atoms with E-state index in [1.165, 1.54) is 29.5 Å². The standard InChI is InChI=1S/C20H15N5O3S2/c1-12-6-8-14(9-7-12)30(27,28)24-25-18(22)13(11-21)10-15(20(25)26)19-23-16-4-2-3-5-17(16)29-19/h2-10,24H,22H2,1H3. The van der Waals surface area contributed by atoms with Crippen LogP contribution in [0.3, 0.4) is 0 Å². The fourth-order valence-electron chi connectivity index (χ4n) is 2.84. The molecule has 0 spiro atoms. The van der Waals surface area contributed by atoms with Crippen molar-refractivity contribution in [2.45, 2.75) is 11.8 Å². The maximum atomic E-state index is 13.1. The lowest BCUT2D eigenvalue weighted by Gasteiger charge is -2.15. The fourth-order valence-corrected chi connectivity index (χ4v) is 4.84. The van der Waals surface area contributed by atoms with Crippen LogP contribution in [0.15, 0.2) is 64.3 Å². The molecule has 0 fully saturated rings. The van der Waals surface area contributed by atoms with E-state index in [4.69, 9.17) is 5.73 Å². The molecule has 0 bridgehead atoms. The van der Waals surface area contributed by atoms with Gasteiger partial charge in [0, 0.05) is 0 Å². The monoisotopic (exact) mass is 437 g/mol. The summed E-state index contributed by atoms with van der Waals surface area (Å²) in [6.07, 6.45) is 0. The molecule has 0 saturated carbocycles. The Kier molecular flexibility index (Phi) is 4.77. The predicted molar refractivity (Wildman–Crippen MR) is 116 cm³/mol. The highest BCUT2D eigenvalue weighted by atomic mass is 32.2. The highest BCUT2D eigenvalue weighted by Gasteiger charge is 2.21. The number of nitrogen functional groups attached to an aromatic ring is 1. The minimum absolute atomic E-state index is 0.0386. The molecule has 0 saturated heterocycles. The number of para-hydroxylation sites is 1. The predicted octanol–water partition coefficient (Wildman–Crippen LogP) is 2.82. The number of nitrogens with one attached hydrogen (secondary N) is 1. The molecule has 2 heterocycles. The Morgan fingerprint density at radius 3 is 2.53 bits per heavy atom. The molecule has 0 unspecified atom stereocenters. The van der Waals surface area contributed by atoms with Gasteiger partial charge in [-0.1, -0.05) is 29.8 Å². The molecule has 0 aliphatic carbocycles. The van der Waals surface area contributed by atoms with Crippen molar-refractivity contribution in [1.82, 2.24) is 9.66 Å². The van der Waals surface area contributed by atoms with Crippen LogP contribution in [-0.4, -0.2) is 18.1 Å². The Morgan fingerprint density at radius 1 is 1.17 bits per heavy atom. The third-order valence-electron chi connectivity index (χ3n) is 4.43. The Morgan fingerprint density at radius 2 is 1.87 bits per heavy atom. The first-order valence-corrected chi connectivity index (χ1v) is 11.0. The molecule has 10 heteroatoms. The van der Waals surface area contributed by atoms with Gasteiger partial charge in [0.05, 0.1) is 26.2 Å². The summed E-state index contributed by atoms with van der Waals surface area (Å²) in [5, 5.41) is 9.81. The molecule has 8 nitrogen and oxygen atoms in total. The number of benzene rings is 2. The largest absolute Gasteiger partial charge is 0.382 e. The highest BCUT2D eigenvalue weighted by Crippen LogP contribution is 2.29. The first kappa shape index (κ1) is 19.6. The lowest BCUT2D eigenvalue weighted by atomic mass is 10.2. The van der Waals surface area contributed by atoms with Crippen LogP contribution in [0, 0.1) is 18.3 Å². The number of nitriles is 1. The molecule has 0 amide bonds. The van der Waals surface area contributed by atoms with Crippen molar-refractivity contribution in [1.29, 1.82) is 5.26 Å². The number of aryl methyl sites for hydroxylation is 1. The SMILES string of the molecule is Cc1ccc(S(=O)(=O)Nn2c(N)c(C#N)cc(-c3nc4ccccc4s3)c2=O)cc1. The number of pyridine rings is 1. The first-order valence-electron chi connectivity index (χ1n) is 8.71. The van der Waals surface area contributed by atoms with Gasteiger partial charge >= 0.3 is 0 Å². The van der Waals surface area contributed by atoms with Crippen molar-refractivity contribution < 1.29 is 8.42 Å². The van der Waals surface area contributed by atoms with Crippen LogP contribution in [0.4, 0.5) is 5.82 Å². The topological polar surface area (TPSA) is 131 Å². The van der Waals surface area contributed by atoms with Gasteiger partial charge in [0.2, 0.25) is 0 Å². The van der Waals surface area contributed by atoms with E-state index in [-0.39, 0.29) is 21.8 Å². The van der Waals surface area contributed by atoms with E-state index in [9.17, 15) is 18.5 Å². The summed E-state index contributed by atoms with van der Waals surface area (Å²) in [6, 6.07) is 16.7. The van der Waals surface area contributed by atoms with E-state index in [2.05, 4.69) is 9.82 Å². The number of hydrogen-bond acceptors (Lipinski definition) is 7. The number of anilines is 1. The Hall–Kier alpha value is -3.68. The van der Waals surface area contributed by atoms with Crippen molar-refractivity contribution in [2.75, 3.05) is 10.6 Å². The van der Waals surface area contributed by atoms with E-state index in [0.29, 0.717) is 15.2 Å². The summed E-state index contributed by atoms with van der Waals surface area (Å²) in [6.45, 7) is 1.83. The van der Waals surface area contributed by atoms with Gasteiger partial charge in [-0.3, -0.25) is 4.79 Å². The van der Waals surface area contributed by atoms with Gasteiger partial charge < -0.3 is 5.73 Å². The minimum atomic E-state index is -4.12. The number of aromatic nitrogens is 2. The summed E-state index contributed by atoms with van der Waals surface area (Å²) >= 11 is 1.26. The van der Waals surface area contributed by atoms with Crippen molar-refractivity contribution in [3.05, 3.63) is 76.1 Å². The lowest BCUT2D eigenvalue weighted by molar-refractivity contribution is 0.594. The molecule has 2 aromatic heterocycles. The number of hydrogen-bond donors (Lipinski definition) is 2. The summed E-state index contributed by atoms with van der Waals surface area (Å²) in [5.41, 5.74) is 6.81. The van der Waals surface area contributed by atoms with Gasteiger partial charge in [0.15, 0.2) is 0 Å². The quantitative estimate of drug-likeness (QED) is 0.505. The highest BCUT2D eigenvalue weighted by molar-refractivity contribution is 7.92. The minimum Gasteiger partial charge on any atom is -0.382 e. The smallest absolute Gasteiger partial charge is 0.282 e. The molecular weight excluding hydrogens is 422 g/mol. The van der Waals surface area contributed by atoms with Crippen molar-refractivity contribution in [2.24, 2.45) is 0 Å². The number of sulfonamides is 1. The zero-order chi connectivity index (χ0) is 21.5. The molecule has 3 N–H and O–H groups in total. The normalized spacial score (nSPS) is 11.3. The molecule has 0 aliphatic heterocycles. The zero-order valence-electron chi connectivity index (χ0n) is 15.7. The second-order valence-electron chi connectivity index (χ2n) is 6.50. The number of rotatable bonds is 4. The van der Waals surface area contributed by atoms with Gasteiger partial charge in [0.1, 0.15) is 16.9 Å². The third-order valence-corrected chi connectivity index (χ3v) is 6.81. The second-order valence-corrected chi connectivity index (χ2v) is 9.20. The maximum Gasteiger partial charge on any atom is 0.282 e. The zero-order valence-corrected chi connectivity index (χ0v) is 17.3. The van der Waals surface area contributed by atoms with Gasteiger partial charge in [-0.15, -0.1) is 11.3 Å². The second kappa shape index (κ2) is 7.29. The molecule has 4 rings (SSSR count). The summed E-state index contributed by atoms with van der Waals surface area (Å²) in [5.74, 6) is -0.303. The van der Waals surface area contributed by atoms with E-state index in [0.717, 1.165) is 10.3 Å². The average molecular weight is 438 g/mol. The molecule has 0 aliphatic rings. The number of fused-ring (bicyclic) bond motifs is 1. The Balaban J connectivity index is 1.88.